The maximum atomic E-state index is 12.4. The average molecular weight is 528 g/mol. The summed E-state index contributed by atoms with van der Waals surface area (Å²) in [6.45, 7) is 6.49. The van der Waals surface area contributed by atoms with Crippen molar-refractivity contribution < 1.29 is 57.2 Å². The van der Waals surface area contributed by atoms with Crippen LogP contribution < -0.4 is 50.1 Å². The molecule has 1 heterocycles. The van der Waals surface area contributed by atoms with Gasteiger partial charge in [-0.15, -0.1) is 0 Å². The number of carbonyl (C=O) groups is 1. The standard InChI is InChI=1S/C25H31NO8S.Na/c1-4-5-13-34-24-17(22(29)23(24)30)15-20-25(2,3)18-14-16(35(31,32)33)10-11-19(18)26(20)12-8-6-7-9-21(27)28;/h10-11,14-15H,4-9,12-13H2,1-3H3,(H,27,28)(H,31,32,33);/q;+1/p-1/b20-15-;. The van der Waals surface area contributed by atoms with Gasteiger partial charge in [0.05, 0.1) is 17.1 Å². The van der Waals surface area contributed by atoms with Crippen molar-refractivity contribution in [2.45, 2.75) is 69.6 Å². The first-order chi connectivity index (χ1) is 16.4. The fourth-order valence-corrected chi connectivity index (χ4v) is 4.85. The Kier molecular flexibility index (Phi) is 10.1. The predicted octanol–water partition coefficient (Wildman–Crippen LogP) is 0.153. The van der Waals surface area contributed by atoms with Crippen LogP contribution in [0.1, 0.15) is 70.4 Å². The number of nitrogens with zero attached hydrogens (tertiary/aromatic N) is 1. The number of fused-ring (bicyclic) bond motifs is 1. The van der Waals surface area contributed by atoms with Crippen LogP contribution >= 0.6 is 0 Å². The fourth-order valence-electron chi connectivity index (χ4n) is 4.35. The summed E-state index contributed by atoms with van der Waals surface area (Å²) in [6, 6.07) is 4.19. The molecule has 2 aromatic carbocycles. The molecule has 2 aromatic rings. The quantitative estimate of drug-likeness (QED) is 0.177. The van der Waals surface area contributed by atoms with E-state index in [0.29, 0.717) is 49.4 Å². The zero-order chi connectivity index (χ0) is 26.0. The number of anilines is 1. The second-order valence-electron chi connectivity index (χ2n) is 9.25. The first-order valence-corrected chi connectivity index (χ1v) is 13.1. The number of unbranched alkanes of at least 4 members (excludes halogenated alkanes) is 3. The molecule has 1 N–H and O–H groups in total. The molecule has 3 rings (SSSR count). The molecular weight excluding hydrogens is 497 g/mol. The third kappa shape index (κ3) is 6.28. The summed E-state index contributed by atoms with van der Waals surface area (Å²) < 4.78 is 40.5. The normalized spacial score (nSPS) is 15.7. The van der Waals surface area contributed by atoms with Crippen LogP contribution in [0.2, 0.25) is 0 Å². The van der Waals surface area contributed by atoms with E-state index in [4.69, 9.17) is 9.84 Å². The Morgan fingerprint density at radius 1 is 1.14 bits per heavy atom. The summed E-state index contributed by atoms with van der Waals surface area (Å²) in [5, 5.41) is 8.87. The monoisotopic (exact) mass is 527 g/mol. The summed E-state index contributed by atoms with van der Waals surface area (Å²) >= 11 is 0. The van der Waals surface area contributed by atoms with Gasteiger partial charge in [-0.2, -0.15) is 0 Å². The second-order valence-corrected chi connectivity index (χ2v) is 10.6. The zero-order valence-corrected chi connectivity index (χ0v) is 23.9. The number of allylic oxidation sites excluding steroid dienone is 1. The van der Waals surface area contributed by atoms with Gasteiger partial charge in [-0.25, -0.2) is 8.42 Å². The molecule has 11 heteroatoms. The topological polar surface area (TPSA) is 141 Å². The van der Waals surface area contributed by atoms with Crippen molar-refractivity contribution in [2.75, 3.05) is 18.1 Å². The van der Waals surface area contributed by atoms with Crippen LogP contribution in [0.25, 0.3) is 6.08 Å². The SMILES string of the molecule is CCCCOc1c(/C=C2\N(CCCCCC(=O)O)c3ccc(S(=O)(=O)[O-])cc3C2(C)C)c(=O)c1=O.[Na+]. The molecule has 1 aliphatic heterocycles. The van der Waals surface area contributed by atoms with Crippen molar-refractivity contribution >= 4 is 27.9 Å². The number of carboxylic acid groups (broad SMARTS) is 1. The maximum Gasteiger partial charge on any atom is 1.00 e. The fraction of sp³-hybridized carbons (Fsp3) is 0.480. The molecular formula is C25H30NNaO8S. The molecule has 0 aliphatic carbocycles. The molecule has 36 heavy (non-hydrogen) atoms. The predicted molar refractivity (Wildman–Crippen MR) is 131 cm³/mol. The number of benzene rings is 1. The van der Waals surface area contributed by atoms with Crippen LogP contribution in [0.15, 0.2) is 38.4 Å². The van der Waals surface area contributed by atoms with Gasteiger partial charge in [0.2, 0.25) is 5.43 Å². The molecule has 0 amide bonds. The van der Waals surface area contributed by atoms with Crippen molar-refractivity contribution in [2.24, 2.45) is 0 Å². The summed E-state index contributed by atoms with van der Waals surface area (Å²) in [5.41, 5.74) is 0.0594. The molecule has 0 unspecified atom stereocenters. The van der Waals surface area contributed by atoms with E-state index in [1.54, 1.807) is 12.1 Å². The molecule has 0 radical (unpaired) electrons. The molecule has 0 saturated carbocycles. The molecule has 0 saturated heterocycles. The Labute approximate surface area is 232 Å². The van der Waals surface area contributed by atoms with E-state index < -0.39 is 32.4 Å². The van der Waals surface area contributed by atoms with E-state index in [1.807, 2.05) is 25.7 Å². The van der Waals surface area contributed by atoms with Crippen molar-refractivity contribution in [3.63, 3.8) is 0 Å². The van der Waals surface area contributed by atoms with Crippen molar-refractivity contribution in [3.8, 4) is 5.75 Å². The van der Waals surface area contributed by atoms with Crippen LogP contribution in [0.4, 0.5) is 5.69 Å². The van der Waals surface area contributed by atoms with Gasteiger partial charge in [-0.05, 0) is 49.1 Å². The zero-order valence-electron chi connectivity index (χ0n) is 21.1. The number of ether oxygens (including phenoxy) is 1. The first kappa shape index (κ1) is 30.2. The third-order valence-electron chi connectivity index (χ3n) is 6.35. The second kappa shape index (κ2) is 12.0. The van der Waals surface area contributed by atoms with Gasteiger partial charge < -0.3 is 19.3 Å². The molecule has 0 bridgehead atoms. The number of hydrogen-bond donors (Lipinski definition) is 1. The van der Waals surface area contributed by atoms with E-state index in [2.05, 4.69) is 0 Å². The van der Waals surface area contributed by atoms with Crippen LogP contribution in [-0.4, -0.2) is 37.2 Å². The van der Waals surface area contributed by atoms with Crippen LogP contribution in [0.5, 0.6) is 5.75 Å². The van der Waals surface area contributed by atoms with Crippen LogP contribution in [0, 0.1) is 0 Å². The van der Waals surface area contributed by atoms with Gasteiger partial charge >= 0.3 is 35.5 Å². The van der Waals surface area contributed by atoms with Gasteiger partial charge in [-0.3, -0.25) is 14.4 Å². The van der Waals surface area contributed by atoms with E-state index in [-0.39, 0.29) is 52.2 Å². The molecule has 0 aromatic heterocycles. The van der Waals surface area contributed by atoms with E-state index >= 15 is 0 Å². The van der Waals surface area contributed by atoms with Crippen LogP contribution in [-0.2, 0) is 20.3 Å². The Hall–Kier alpha value is -1.98. The van der Waals surface area contributed by atoms with E-state index in [1.165, 1.54) is 12.1 Å². The number of carboxylic acids is 1. The Morgan fingerprint density at radius 2 is 1.83 bits per heavy atom. The van der Waals surface area contributed by atoms with Crippen molar-refractivity contribution in [1.29, 1.82) is 0 Å². The van der Waals surface area contributed by atoms with Gasteiger partial charge in [0.15, 0.2) is 5.75 Å². The largest absolute Gasteiger partial charge is 1.00 e. The molecule has 0 fully saturated rings. The summed E-state index contributed by atoms with van der Waals surface area (Å²) in [6.07, 6.45) is 5.11. The minimum Gasteiger partial charge on any atom is -0.744 e. The molecule has 190 valence electrons. The maximum absolute atomic E-state index is 12.4. The molecule has 1 aliphatic rings. The van der Waals surface area contributed by atoms with Crippen molar-refractivity contribution in [3.05, 3.63) is 55.5 Å². The minimum atomic E-state index is -4.67. The number of hydrogen-bond acceptors (Lipinski definition) is 8. The number of rotatable bonds is 12. The summed E-state index contributed by atoms with van der Waals surface area (Å²) in [5.74, 6) is -0.827. The third-order valence-corrected chi connectivity index (χ3v) is 7.18. The first-order valence-electron chi connectivity index (χ1n) is 11.7. The Morgan fingerprint density at radius 3 is 2.44 bits per heavy atom. The Bertz CT molecular complexity index is 1320. The summed E-state index contributed by atoms with van der Waals surface area (Å²) in [4.78, 5) is 36.9. The molecule has 0 atom stereocenters. The Balaban J connectivity index is 0.00000456. The van der Waals surface area contributed by atoms with E-state index in [0.717, 1.165) is 12.8 Å². The van der Waals surface area contributed by atoms with Gasteiger partial charge in [0.1, 0.15) is 10.1 Å². The molecule has 0 spiro atoms. The van der Waals surface area contributed by atoms with Crippen LogP contribution in [0.3, 0.4) is 0 Å². The van der Waals surface area contributed by atoms with Gasteiger partial charge in [-0.1, -0.05) is 33.6 Å². The average Bonchev–Trinajstić information content (AvgIpc) is 3.00. The minimum absolute atomic E-state index is 0. The van der Waals surface area contributed by atoms with E-state index in [9.17, 15) is 27.4 Å². The number of aliphatic carboxylic acids is 1. The smallest absolute Gasteiger partial charge is 0.744 e. The van der Waals surface area contributed by atoms with Gasteiger partial charge in [0.25, 0.3) is 5.43 Å². The molecule has 9 nitrogen and oxygen atoms in total. The summed E-state index contributed by atoms with van der Waals surface area (Å²) in [7, 11) is -4.67. The van der Waals surface area contributed by atoms with Crippen molar-refractivity contribution in [1.82, 2.24) is 0 Å². The van der Waals surface area contributed by atoms with Gasteiger partial charge in [0, 0.05) is 29.8 Å².